The van der Waals surface area contributed by atoms with E-state index in [-0.39, 0.29) is 0 Å². The van der Waals surface area contributed by atoms with Crippen LogP contribution in [0.25, 0.3) is 66.4 Å². The van der Waals surface area contributed by atoms with Gasteiger partial charge >= 0.3 is 0 Å². The normalized spacial score (nSPS) is 11.2. The fourth-order valence-corrected chi connectivity index (χ4v) is 6.39. The summed E-state index contributed by atoms with van der Waals surface area (Å²) in [5.41, 5.74) is 14.1. The molecule has 1 heteroatoms. The van der Waals surface area contributed by atoms with Crippen LogP contribution in [0.15, 0.2) is 183 Å². The molecule has 0 aliphatic carbocycles. The summed E-state index contributed by atoms with van der Waals surface area (Å²) < 4.78 is 2.40. The highest BCUT2D eigenvalue weighted by Gasteiger charge is 2.15. The average molecular weight is 574 g/mol. The SMILES string of the molecule is C=C(c1ccccc1)c1ccc(-c2ccc(-c3ccc4c5ccc(-c6ccccc6)cc5n(-c5ccccc5)c4c3)cc2)cc1. The third kappa shape index (κ3) is 4.95. The Kier molecular flexibility index (Phi) is 6.70. The van der Waals surface area contributed by atoms with Crippen LogP contribution in [0.4, 0.5) is 0 Å². The Bertz CT molecular complexity index is 2270. The third-order valence-electron chi connectivity index (χ3n) is 8.80. The second-order valence-corrected chi connectivity index (χ2v) is 11.5. The van der Waals surface area contributed by atoms with Crippen molar-refractivity contribution < 1.29 is 0 Å². The van der Waals surface area contributed by atoms with Crippen LogP contribution in [-0.4, -0.2) is 4.57 Å². The van der Waals surface area contributed by atoms with Crippen molar-refractivity contribution in [2.75, 3.05) is 0 Å². The van der Waals surface area contributed by atoms with Crippen LogP contribution in [0.3, 0.4) is 0 Å². The van der Waals surface area contributed by atoms with E-state index in [0.29, 0.717) is 0 Å². The maximum Gasteiger partial charge on any atom is 0.0547 e. The van der Waals surface area contributed by atoms with Crippen LogP contribution < -0.4 is 0 Å². The van der Waals surface area contributed by atoms with Crippen LogP contribution in [-0.2, 0) is 0 Å². The minimum Gasteiger partial charge on any atom is -0.309 e. The van der Waals surface area contributed by atoms with Crippen molar-refractivity contribution in [2.24, 2.45) is 0 Å². The quantitative estimate of drug-likeness (QED) is 0.186. The molecule has 0 saturated heterocycles. The molecule has 0 atom stereocenters. The second kappa shape index (κ2) is 11.3. The molecule has 0 aliphatic rings. The van der Waals surface area contributed by atoms with Crippen molar-refractivity contribution in [3.05, 3.63) is 194 Å². The van der Waals surface area contributed by atoms with Crippen molar-refractivity contribution in [2.45, 2.75) is 0 Å². The largest absolute Gasteiger partial charge is 0.309 e. The van der Waals surface area contributed by atoms with E-state index in [2.05, 4.69) is 181 Å². The molecule has 0 bridgehead atoms. The van der Waals surface area contributed by atoms with Gasteiger partial charge in [-0.1, -0.05) is 158 Å². The number of para-hydroxylation sites is 1. The van der Waals surface area contributed by atoms with Crippen molar-refractivity contribution in [1.82, 2.24) is 4.57 Å². The number of rotatable bonds is 6. The highest BCUT2D eigenvalue weighted by atomic mass is 15.0. The molecule has 0 saturated carbocycles. The smallest absolute Gasteiger partial charge is 0.0547 e. The predicted molar refractivity (Wildman–Crippen MR) is 192 cm³/mol. The fraction of sp³-hybridized carbons (Fsp3) is 0. The molecule has 0 fully saturated rings. The number of benzene rings is 7. The van der Waals surface area contributed by atoms with Gasteiger partial charge in [-0.3, -0.25) is 0 Å². The molecule has 1 aromatic heterocycles. The molecule has 45 heavy (non-hydrogen) atoms. The van der Waals surface area contributed by atoms with Gasteiger partial charge in [0.15, 0.2) is 0 Å². The van der Waals surface area contributed by atoms with Gasteiger partial charge in [0.1, 0.15) is 0 Å². The van der Waals surface area contributed by atoms with Gasteiger partial charge < -0.3 is 4.57 Å². The topological polar surface area (TPSA) is 4.93 Å². The Morgan fingerprint density at radius 2 is 0.733 bits per heavy atom. The van der Waals surface area contributed by atoms with Crippen LogP contribution in [0.2, 0.25) is 0 Å². The summed E-state index contributed by atoms with van der Waals surface area (Å²) in [7, 11) is 0. The lowest BCUT2D eigenvalue weighted by Gasteiger charge is -2.10. The maximum atomic E-state index is 4.32. The molecule has 0 spiro atoms. The Morgan fingerprint density at radius 1 is 0.356 bits per heavy atom. The van der Waals surface area contributed by atoms with Crippen molar-refractivity contribution in [3.63, 3.8) is 0 Å². The molecule has 212 valence electrons. The standard InChI is InChI=1S/C44H31N/c1-31(32-11-5-2-6-12-32)33-17-19-35(20-18-33)36-21-23-37(24-22-36)39-26-28-42-41-27-25-38(34-13-7-3-8-14-34)29-43(41)45(44(42)30-39)40-15-9-4-10-16-40/h2-30H,1H2. The third-order valence-corrected chi connectivity index (χ3v) is 8.80. The van der Waals surface area contributed by atoms with Gasteiger partial charge in [-0.15, -0.1) is 0 Å². The fourth-order valence-electron chi connectivity index (χ4n) is 6.39. The molecule has 0 N–H and O–H groups in total. The molecule has 8 aromatic rings. The predicted octanol–water partition coefficient (Wildman–Crippen LogP) is 11.8. The molecule has 1 heterocycles. The van der Waals surface area contributed by atoms with Gasteiger partial charge in [-0.05, 0) is 74.3 Å². The molecule has 8 rings (SSSR count). The van der Waals surface area contributed by atoms with Gasteiger partial charge in [0.2, 0.25) is 0 Å². The van der Waals surface area contributed by atoms with E-state index in [4.69, 9.17) is 0 Å². The summed E-state index contributed by atoms with van der Waals surface area (Å²) in [6, 6.07) is 63.0. The summed E-state index contributed by atoms with van der Waals surface area (Å²) in [4.78, 5) is 0. The summed E-state index contributed by atoms with van der Waals surface area (Å²) in [6.45, 7) is 4.32. The molecular weight excluding hydrogens is 542 g/mol. The summed E-state index contributed by atoms with van der Waals surface area (Å²) in [5, 5.41) is 2.51. The summed E-state index contributed by atoms with van der Waals surface area (Å²) in [5.74, 6) is 0. The monoisotopic (exact) mass is 573 g/mol. The van der Waals surface area contributed by atoms with E-state index in [1.54, 1.807) is 0 Å². The zero-order chi connectivity index (χ0) is 30.2. The average Bonchev–Trinajstić information content (AvgIpc) is 3.45. The zero-order valence-electron chi connectivity index (χ0n) is 24.9. The van der Waals surface area contributed by atoms with E-state index in [9.17, 15) is 0 Å². The first kappa shape index (κ1) is 26.7. The van der Waals surface area contributed by atoms with E-state index >= 15 is 0 Å². The van der Waals surface area contributed by atoms with Crippen LogP contribution in [0.1, 0.15) is 11.1 Å². The molecule has 1 nitrogen and oxygen atoms in total. The summed E-state index contributed by atoms with van der Waals surface area (Å²) in [6.07, 6.45) is 0. The number of nitrogens with zero attached hydrogens (tertiary/aromatic N) is 1. The number of fused-ring (bicyclic) bond motifs is 3. The summed E-state index contributed by atoms with van der Waals surface area (Å²) >= 11 is 0. The molecule has 0 amide bonds. The maximum absolute atomic E-state index is 4.32. The Morgan fingerprint density at radius 3 is 1.27 bits per heavy atom. The second-order valence-electron chi connectivity index (χ2n) is 11.5. The first-order chi connectivity index (χ1) is 22.2. The van der Waals surface area contributed by atoms with Crippen LogP contribution in [0.5, 0.6) is 0 Å². The molecule has 0 unspecified atom stereocenters. The number of aromatic nitrogens is 1. The Hall–Kier alpha value is -5.92. The van der Waals surface area contributed by atoms with Gasteiger partial charge in [-0.25, -0.2) is 0 Å². The van der Waals surface area contributed by atoms with Crippen LogP contribution in [0, 0.1) is 0 Å². The van der Waals surface area contributed by atoms with Gasteiger partial charge in [-0.2, -0.15) is 0 Å². The molecular formula is C44H31N. The lowest BCUT2D eigenvalue weighted by atomic mass is 9.96. The number of hydrogen-bond acceptors (Lipinski definition) is 0. The molecule has 0 aliphatic heterocycles. The van der Waals surface area contributed by atoms with Crippen molar-refractivity contribution in [3.8, 4) is 39.1 Å². The first-order valence-corrected chi connectivity index (χ1v) is 15.4. The van der Waals surface area contributed by atoms with E-state index < -0.39 is 0 Å². The van der Waals surface area contributed by atoms with Gasteiger partial charge in [0, 0.05) is 16.5 Å². The minimum atomic E-state index is 1.04. The van der Waals surface area contributed by atoms with E-state index in [1.165, 1.54) is 55.2 Å². The lowest BCUT2D eigenvalue weighted by Crippen LogP contribution is -1.93. The molecule has 7 aromatic carbocycles. The lowest BCUT2D eigenvalue weighted by molar-refractivity contribution is 1.18. The first-order valence-electron chi connectivity index (χ1n) is 15.4. The van der Waals surface area contributed by atoms with Crippen molar-refractivity contribution in [1.29, 1.82) is 0 Å². The Labute approximate surface area is 264 Å². The highest BCUT2D eigenvalue weighted by molar-refractivity contribution is 6.11. The number of hydrogen-bond donors (Lipinski definition) is 0. The van der Waals surface area contributed by atoms with Gasteiger partial charge in [0.05, 0.1) is 11.0 Å². The van der Waals surface area contributed by atoms with Crippen LogP contribution >= 0.6 is 0 Å². The van der Waals surface area contributed by atoms with Crippen molar-refractivity contribution >= 4 is 27.4 Å². The molecule has 0 radical (unpaired) electrons. The minimum absolute atomic E-state index is 1.04. The Balaban J connectivity index is 1.16. The van der Waals surface area contributed by atoms with Gasteiger partial charge in [0.25, 0.3) is 0 Å². The zero-order valence-corrected chi connectivity index (χ0v) is 24.9. The van der Waals surface area contributed by atoms with E-state index in [1.807, 2.05) is 6.07 Å². The van der Waals surface area contributed by atoms with E-state index in [0.717, 1.165) is 22.4 Å². The highest BCUT2D eigenvalue weighted by Crippen LogP contribution is 2.37.